The van der Waals surface area contributed by atoms with Gasteiger partial charge in [0.15, 0.2) is 17.3 Å². The Kier molecular flexibility index (Phi) is 5.67. The Balaban J connectivity index is 1.94. The van der Waals surface area contributed by atoms with E-state index < -0.39 is 23.5 Å². The Morgan fingerprint density at radius 2 is 1.84 bits per heavy atom. The molecule has 1 aliphatic rings. The zero-order chi connectivity index (χ0) is 22.8. The average molecular weight is 446 g/mol. The Hall–Kier alpha value is -4.09. The topological polar surface area (TPSA) is 99.9 Å². The van der Waals surface area contributed by atoms with E-state index in [-0.39, 0.29) is 5.57 Å². The number of carbonyl (C=O) groups is 2. The molecular weight excluding hydrogens is 428 g/mol. The summed E-state index contributed by atoms with van der Waals surface area (Å²) in [4.78, 5) is 28.3. The van der Waals surface area contributed by atoms with Crippen molar-refractivity contribution in [2.24, 2.45) is 0 Å². The number of aliphatic hydroxyl groups excluding tert-OH is 1. The van der Waals surface area contributed by atoms with Gasteiger partial charge >= 0.3 is 0 Å². The fraction of sp³-hybridized carbons (Fsp3) is 0.125. The summed E-state index contributed by atoms with van der Waals surface area (Å²) in [6.45, 7) is 0. The second kappa shape index (κ2) is 8.57. The van der Waals surface area contributed by atoms with E-state index in [1.165, 1.54) is 30.5 Å². The maximum Gasteiger partial charge on any atom is 0.294 e. The number of ketones is 1. The van der Waals surface area contributed by atoms with Crippen LogP contribution in [0.1, 0.15) is 26.8 Å². The van der Waals surface area contributed by atoms with Gasteiger partial charge in [0.1, 0.15) is 0 Å². The number of rotatable bonds is 6. The van der Waals surface area contributed by atoms with Crippen molar-refractivity contribution in [1.29, 1.82) is 5.26 Å². The van der Waals surface area contributed by atoms with Gasteiger partial charge in [0.25, 0.3) is 5.91 Å². The monoisotopic (exact) mass is 446 g/mol. The highest BCUT2D eigenvalue weighted by Crippen LogP contribution is 2.47. The molecule has 160 valence electrons. The van der Waals surface area contributed by atoms with Crippen LogP contribution in [0.25, 0.3) is 0 Å². The molecule has 1 N–H and O–H groups in total. The zero-order valence-electron chi connectivity index (χ0n) is 17.2. The lowest BCUT2D eigenvalue weighted by Crippen LogP contribution is -2.31. The normalized spacial score (nSPS) is 15.6. The summed E-state index contributed by atoms with van der Waals surface area (Å²) in [5.41, 5.74) is 1.27. The van der Waals surface area contributed by atoms with Crippen molar-refractivity contribution in [3.8, 4) is 17.6 Å². The van der Waals surface area contributed by atoms with Crippen molar-refractivity contribution in [2.75, 3.05) is 19.1 Å². The molecule has 3 aromatic rings. The van der Waals surface area contributed by atoms with Gasteiger partial charge in [-0.05, 0) is 41.8 Å². The molecule has 0 spiro atoms. The SMILES string of the molecule is COc1cccc(C2C(C(=O)c3cccs3)=C(O)C(=O)N2c2ccc(C#N)cc2)c1OC. The van der Waals surface area contributed by atoms with Gasteiger partial charge in [0, 0.05) is 11.3 Å². The second-order valence-corrected chi connectivity index (χ2v) is 7.84. The number of nitriles is 1. The van der Waals surface area contributed by atoms with E-state index in [9.17, 15) is 14.7 Å². The number of nitrogens with zero attached hydrogens (tertiary/aromatic N) is 2. The van der Waals surface area contributed by atoms with Crippen molar-refractivity contribution in [3.63, 3.8) is 0 Å². The van der Waals surface area contributed by atoms with E-state index >= 15 is 0 Å². The lowest BCUT2D eigenvalue weighted by Gasteiger charge is -2.28. The van der Waals surface area contributed by atoms with Gasteiger partial charge in [-0.1, -0.05) is 18.2 Å². The number of Topliss-reactive ketones (excluding diaryl/α,β-unsaturated/α-hetero) is 1. The lowest BCUT2D eigenvalue weighted by molar-refractivity contribution is -0.117. The van der Waals surface area contributed by atoms with Crippen LogP contribution < -0.4 is 14.4 Å². The average Bonchev–Trinajstić information content (AvgIpc) is 3.45. The first-order valence-electron chi connectivity index (χ1n) is 9.57. The minimum atomic E-state index is -0.963. The summed E-state index contributed by atoms with van der Waals surface area (Å²) in [6, 6.07) is 15.9. The van der Waals surface area contributed by atoms with Crippen LogP contribution in [0.15, 0.2) is 71.3 Å². The van der Waals surface area contributed by atoms with Crippen LogP contribution in [0.2, 0.25) is 0 Å². The van der Waals surface area contributed by atoms with Gasteiger partial charge in [0.2, 0.25) is 5.78 Å². The number of ether oxygens (including phenoxy) is 2. The summed E-state index contributed by atoms with van der Waals surface area (Å²) in [5.74, 6) is -1.02. The standard InChI is InChI=1S/C24H18N2O5S/c1-30-17-6-3-5-16(23(17)31-2)20-19(21(27)18-7-4-12-32-18)22(28)24(29)26(20)15-10-8-14(13-25)9-11-15/h3-12,20,28H,1-2H3. The molecule has 0 saturated heterocycles. The number of methoxy groups -OCH3 is 2. The molecule has 0 radical (unpaired) electrons. The Morgan fingerprint density at radius 3 is 2.44 bits per heavy atom. The molecule has 2 heterocycles. The highest BCUT2D eigenvalue weighted by atomic mass is 32.1. The number of hydrogen-bond donors (Lipinski definition) is 1. The Labute approximate surface area is 188 Å². The molecule has 1 unspecified atom stereocenters. The van der Waals surface area contributed by atoms with Crippen molar-refractivity contribution < 1.29 is 24.2 Å². The van der Waals surface area contributed by atoms with E-state index in [1.54, 1.807) is 60.0 Å². The minimum Gasteiger partial charge on any atom is -0.503 e. The highest BCUT2D eigenvalue weighted by Gasteiger charge is 2.46. The van der Waals surface area contributed by atoms with Crippen LogP contribution in [0, 0.1) is 11.3 Å². The molecule has 7 nitrogen and oxygen atoms in total. The van der Waals surface area contributed by atoms with Crippen LogP contribution in [0.3, 0.4) is 0 Å². The zero-order valence-corrected chi connectivity index (χ0v) is 18.1. The summed E-state index contributed by atoms with van der Waals surface area (Å²) >= 11 is 1.22. The number of para-hydroxylation sites is 1. The van der Waals surface area contributed by atoms with Gasteiger partial charge in [-0.15, -0.1) is 11.3 Å². The van der Waals surface area contributed by atoms with Crippen LogP contribution >= 0.6 is 11.3 Å². The van der Waals surface area contributed by atoms with E-state index in [2.05, 4.69) is 0 Å². The van der Waals surface area contributed by atoms with Gasteiger partial charge < -0.3 is 14.6 Å². The first-order valence-corrected chi connectivity index (χ1v) is 10.5. The quantitative estimate of drug-likeness (QED) is 0.563. The van der Waals surface area contributed by atoms with Crippen LogP contribution in [0.4, 0.5) is 5.69 Å². The van der Waals surface area contributed by atoms with Gasteiger partial charge in [-0.25, -0.2) is 0 Å². The van der Waals surface area contributed by atoms with Crippen LogP contribution in [-0.4, -0.2) is 31.0 Å². The molecule has 1 aliphatic heterocycles. The molecule has 1 atom stereocenters. The Bertz CT molecular complexity index is 1260. The Morgan fingerprint density at radius 1 is 1.09 bits per heavy atom. The molecule has 8 heteroatoms. The number of hydrogen-bond acceptors (Lipinski definition) is 7. The third-order valence-electron chi connectivity index (χ3n) is 5.20. The minimum absolute atomic E-state index is 0.0478. The predicted octanol–water partition coefficient (Wildman–Crippen LogP) is 4.42. The molecule has 0 saturated carbocycles. The third kappa shape index (κ3) is 3.39. The predicted molar refractivity (Wildman–Crippen MR) is 119 cm³/mol. The first kappa shape index (κ1) is 21.2. The third-order valence-corrected chi connectivity index (χ3v) is 6.07. The van der Waals surface area contributed by atoms with Crippen molar-refractivity contribution in [1.82, 2.24) is 0 Å². The van der Waals surface area contributed by atoms with Gasteiger partial charge in [-0.2, -0.15) is 5.26 Å². The highest BCUT2D eigenvalue weighted by molar-refractivity contribution is 7.12. The van der Waals surface area contributed by atoms with E-state index in [0.717, 1.165) is 0 Å². The van der Waals surface area contributed by atoms with E-state index in [4.69, 9.17) is 14.7 Å². The van der Waals surface area contributed by atoms with E-state index in [1.807, 2.05) is 6.07 Å². The van der Waals surface area contributed by atoms with Gasteiger partial charge in [-0.3, -0.25) is 14.5 Å². The number of amides is 1. The smallest absolute Gasteiger partial charge is 0.294 e. The van der Waals surface area contributed by atoms with Gasteiger partial charge in [0.05, 0.1) is 42.3 Å². The van der Waals surface area contributed by atoms with Crippen molar-refractivity contribution in [2.45, 2.75) is 6.04 Å². The molecule has 1 amide bonds. The van der Waals surface area contributed by atoms with Crippen LogP contribution in [0.5, 0.6) is 11.5 Å². The van der Waals surface area contributed by atoms with Crippen LogP contribution in [-0.2, 0) is 4.79 Å². The second-order valence-electron chi connectivity index (χ2n) is 6.89. The summed E-state index contributed by atoms with van der Waals surface area (Å²) in [5, 5.41) is 21.7. The van der Waals surface area contributed by atoms with Crippen molar-refractivity contribution in [3.05, 3.63) is 87.3 Å². The molecule has 1 aromatic heterocycles. The first-order chi connectivity index (χ1) is 15.5. The van der Waals surface area contributed by atoms with Crippen molar-refractivity contribution >= 4 is 28.7 Å². The summed E-state index contributed by atoms with van der Waals surface area (Å²) in [6.07, 6.45) is 0. The number of thiophene rings is 1. The number of aliphatic hydroxyl groups is 1. The summed E-state index contributed by atoms with van der Waals surface area (Å²) in [7, 11) is 2.96. The fourth-order valence-electron chi connectivity index (χ4n) is 3.76. The number of anilines is 1. The number of carbonyl (C=O) groups excluding carboxylic acids is 2. The molecule has 2 aromatic carbocycles. The lowest BCUT2D eigenvalue weighted by atomic mass is 9.94. The number of benzene rings is 2. The molecule has 4 rings (SSSR count). The molecule has 0 aliphatic carbocycles. The molecule has 0 bridgehead atoms. The molecule has 0 fully saturated rings. The van der Waals surface area contributed by atoms with E-state index in [0.29, 0.717) is 33.2 Å². The maximum absolute atomic E-state index is 13.4. The maximum atomic E-state index is 13.4. The summed E-state index contributed by atoms with van der Waals surface area (Å²) < 4.78 is 11.0. The molecule has 32 heavy (non-hydrogen) atoms. The fourth-order valence-corrected chi connectivity index (χ4v) is 4.44. The largest absolute Gasteiger partial charge is 0.503 e. The molecular formula is C24H18N2O5S.